The first-order chi connectivity index (χ1) is 9.53. The van der Waals surface area contributed by atoms with E-state index in [1.54, 1.807) is 14.2 Å². The Morgan fingerprint density at radius 3 is 2.60 bits per heavy atom. The molecular formula is C16H23NO3. The monoisotopic (exact) mass is 277 g/mol. The number of carbonyl (C=O) groups is 1. The number of amides is 1. The van der Waals surface area contributed by atoms with Crippen LogP contribution in [0.15, 0.2) is 29.8 Å². The summed E-state index contributed by atoms with van der Waals surface area (Å²) in [4.78, 5) is 12.0. The highest BCUT2D eigenvalue weighted by Gasteiger charge is 2.15. The topological polar surface area (TPSA) is 47.6 Å². The van der Waals surface area contributed by atoms with Crippen LogP contribution in [0.4, 0.5) is 0 Å². The zero-order valence-corrected chi connectivity index (χ0v) is 12.8. The molecule has 1 N–H and O–H groups in total. The van der Waals surface area contributed by atoms with E-state index in [0.29, 0.717) is 0 Å². The van der Waals surface area contributed by atoms with Gasteiger partial charge in [-0.15, -0.1) is 0 Å². The molecule has 0 aliphatic carbocycles. The van der Waals surface area contributed by atoms with Gasteiger partial charge in [-0.25, -0.2) is 0 Å². The van der Waals surface area contributed by atoms with Crippen molar-refractivity contribution in [3.8, 4) is 11.5 Å². The first-order valence-electron chi connectivity index (χ1n) is 6.73. The number of methoxy groups -OCH3 is 2. The summed E-state index contributed by atoms with van der Waals surface area (Å²) in [6.45, 7) is 5.74. The van der Waals surface area contributed by atoms with Gasteiger partial charge >= 0.3 is 0 Å². The Morgan fingerprint density at radius 2 is 2.05 bits per heavy atom. The Hall–Kier alpha value is -1.97. The van der Waals surface area contributed by atoms with Gasteiger partial charge < -0.3 is 14.8 Å². The minimum atomic E-state index is -0.159. The fourth-order valence-corrected chi connectivity index (χ4v) is 1.96. The van der Waals surface area contributed by atoms with E-state index in [4.69, 9.17) is 9.47 Å². The van der Waals surface area contributed by atoms with E-state index in [-0.39, 0.29) is 11.9 Å². The lowest BCUT2D eigenvalue weighted by Crippen LogP contribution is -2.27. The maximum absolute atomic E-state index is 12.0. The molecule has 1 rings (SSSR count). The Labute approximate surface area is 120 Å². The van der Waals surface area contributed by atoms with Crippen molar-refractivity contribution in [2.24, 2.45) is 0 Å². The summed E-state index contributed by atoms with van der Waals surface area (Å²) < 4.78 is 10.5. The summed E-state index contributed by atoms with van der Waals surface area (Å²) in [5, 5.41) is 2.96. The van der Waals surface area contributed by atoms with Gasteiger partial charge in [0.2, 0.25) is 5.91 Å². The van der Waals surface area contributed by atoms with Crippen LogP contribution in [0, 0.1) is 0 Å². The molecule has 0 heterocycles. The fraction of sp³-hybridized carbons (Fsp3) is 0.438. The van der Waals surface area contributed by atoms with Crippen molar-refractivity contribution in [3.05, 3.63) is 35.4 Å². The quantitative estimate of drug-likeness (QED) is 0.812. The average Bonchev–Trinajstić information content (AvgIpc) is 2.46. The van der Waals surface area contributed by atoms with Crippen molar-refractivity contribution in [1.29, 1.82) is 0 Å². The minimum absolute atomic E-state index is 0.0655. The summed E-state index contributed by atoms with van der Waals surface area (Å²) in [5.74, 6) is 1.41. The van der Waals surface area contributed by atoms with E-state index >= 15 is 0 Å². The molecule has 0 aliphatic heterocycles. The fourth-order valence-electron chi connectivity index (χ4n) is 1.96. The van der Waals surface area contributed by atoms with Gasteiger partial charge in [-0.1, -0.05) is 13.0 Å². The van der Waals surface area contributed by atoms with Crippen LogP contribution in [0.5, 0.6) is 11.5 Å². The van der Waals surface area contributed by atoms with Crippen molar-refractivity contribution in [3.63, 3.8) is 0 Å². The van der Waals surface area contributed by atoms with Gasteiger partial charge in [-0.3, -0.25) is 4.79 Å². The molecule has 0 radical (unpaired) electrons. The molecule has 1 aromatic rings. The molecule has 4 nitrogen and oxygen atoms in total. The van der Waals surface area contributed by atoms with Crippen LogP contribution in [0.3, 0.4) is 0 Å². The summed E-state index contributed by atoms with van der Waals surface area (Å²) >= 11 is 0. The Bertz CT molecular complexity index is 494. The number of hydrogen-bond donors (Lipinski definition) is 1. The predicted molar refractivity (Wildman–Crippen MR) is 80.2 cm³/mol. The second-order valence-corrected chi connectivity index (χ2v) is 4.60. The summed E-state index contributed by atoms with van der Waals surface area (Å²) in [6, 6.07) is 5.39. The second-order valence-electron chi connectivity index (χ2n) is 4.60. The van der Waals surface area contributed by atoms with Crippen molar-refractivity contribution in [2.75, 3.05) is 14.2 Å². The molecule has 0 aromatic heterocycles. The molecule has 1 aromatic carbocycles. The molecule has 20 heavy (non-hydrogen) atoms. The molecule has 0 aliphatic rings. The van der Waals surface area contributed by atoms with Gasteiger partial charge in [0.25, 0.3) is 0 Å². The molecular weight excluding hydrogens is 254 g/mol. The lowest BCUT2D eigenvalue weighted by atomic mass is 10.1. The van der Waals surface area contributed by atoms with Gasteiger partial charge in [0.05, 0.1) is 20.3 Å². The lowest BCUT2D eigenvalue weighted by molar-refractivity contribution is -0.118. The predicted octanol–water partition coefficient (Wildman–Crippen LogP) is 3.24. The van der Waals surface area contributed by atoms with Crippen LogP contribution in [0.25, 0.3) is 0 Å². The van der Waals surface area contributed by atoms with Crippen LogP contribution < -0.4 is 14.8 Å². The Morgan fingerprint density at radius 1 is 1.35 bits per heavy atom. The number of allylic oxidation sites excluding steroid dienone is 1. The minimum Gasteiger partial charge on any atom is -0.497 e. The van der Waals surface area contributed by atoms with E-state index in [1.165, 1.54) is 0 Å². The van der Waals surface area contributed by atoms with Crippen LogP contribution in [0.1, 0.15) is 38.8 Å². The molecule has 0 saturated carbocycles. The van der Waals surface area contributed by atoms with Gasteiger partial charge in [0.1, 0.15) is 11.5 Å². The van der Waals surface area contributed by atoms with E-state index in [1.807, 2.05) is 45.0 Å². The lowest BCUT2D eigenvalue weighted by Gasteiger charge is -2.18. The highest BCUT2D eigenvalue weighted by molar-refractivity contribution is 5.93. The maximum Gasteiger partial charge on any atom is 0.247 e. The Kier molecular flexibility index (Phi) is 6.10. The molecule has 0 bridgehead atoms. The molecule has 4 heteroatoms. The first-order valence-corrected chi connectivity index (χ1v) is 6.73. The van der Waals surface area contributed by atoms with Crippen molar-refractivity contribution < 1.29 is 14.3 Å². The van der Waals surface area contributed by atoms with Gasteiger partial charge in [-0.05, 0) is 38.5 Å². The SMILES string of the molecule is CC/C=C(/C)C(=O)N[C@@H](C)c1cc(OC)ccc1OC. The third-order valence-corrected chi connectivity index (χ3v) is 3.12. The molecule has 1 amide bonds. The highest BCUT2D eigenvalue weighted by Crippen LogP contribution is 2.29. The number of ether oxygens (including phenoxy) is 2. The molecule has 110 valence electrons. The third-order valence-electron chi connectivity index (χ3n) is 3.12. The van der Waals surface area contributed by atoms with E-state index in [9.17, 15) is 4.79 Å². The zero-order chi connectivity index (χ0) is 15.1. The smallest absolute Gasteiger partial charge is 0.247 e. The molecule has 0 unspecified atom stereocenters. The summed E-state index contributed by atoms with van der Waals surface area (Å²) in [7, 11) is 3.23. The number of hydrogen-bond acceptors (Lipinski definition) is 3. The molecule has 0 fully saturated rings. The average molecular weight is 277 g/mol. The second kappa shape index (κ2) is 7.58. The normalized spacial score (nSPS) is 12.8. The number of benzene rings is 1. The van der Waals surface area contributed by atoms with Gasteiger partial charge in [0, 0.05) is 11.1 Å². The van der Waals surface area contributed by atoms with E-state index in [0.717, 1.165) is 29.1 Å². The van der Waals surface area contributed by atoms with Crippen LogP contribution in [-0.2, 0) is 4.79 Å². The maximum atomic E-state index is 12.0. The standard InChI is InChI=1S/C16H23NO3/c1-6-7-11(2)16(18)17-12(3)14-10-13(19-4)8-9-15(14)20-5/h7-10,12H,6H2,1-5H3,(H,17,18)/b11-7-/t12-/m0/s1. The van der Waals surface area contributed by atoms with Gasteiger partial charge in [-0.2, -0.15) is 0 Å². The van der Waals surface area contributed by atoms with Crippen molar-refractivity contribution >= 4 is 5.91 Å². The largest absolute Gasteiger partial charge is 0.497 e. The highest BCUT2D eigenvalue weighted by atomic mass is 16.5. The summed E-state index contributed by atoms with van der Waals surface area (Å²) in [6.07, 6.45) is 2.75. The molecule has 1 atom stereocenters. The van der Waals surface area contributed by atoms with Crippen LogP contribution >= 0.6 is 0 Å². The van der Waals surface area contributed by atoms with E-state index in [2.05, 4.69) is 5.32 Å². The number of rotatable bonds is 6. The molecule has 0 saturated heterocycles. The summed E-state index contributed by atoms with van der Waals surface area (Å²) in [5.41, 5.74) is 1.62. The van der Waals surface area contributed by atoms with Crippen molar-refractivity contribution in [2.45, 2.75) is 33.2 Å². The first kappa shape index (κ1) is 16.1. The van der Waals surface area contributed by atoms with E-state index < -0.39 is 0 Å². The third kappa shape index (κ3) is 4.02. The molecule has 0 spiro atoms. The van der Waals surface area contributed by atoms with Crippen LogP contribution in [-0.4, -0.2) is 20.1 Å². The Balaban J connectivity index is 2.93. The number of nitrogens with one attached hydrogen (secondary N) is 1. The van der Waals surface area contributed by atoms with Crippen LogP contribution in [0.2, 0.25) is 0 Å². The van der Waals surface area contributed by atoms with Gasteiger partial charge in [0.15, 0.2) is 0 Å². The number of carbonyl (C=O) groups excluding carboxylic acids is 1. The van der Waals surface area contributed by atoms with Crippen molar-refractivity contribution in [1.82, 2.24) is 5.32 Å². The zero-order valence-electron chi connectivity index (χ0n) is 12.8.